The highest BCUT2D eigenvalue weighted by Crippen LogP contribution is 2.07. The fourth-order valence-electron chi connectivity index (χ4n) is 1.54. The van der Waals surface area contributed by atoms with Crippen molar-refractivity contribution < 1.29 is 9.53 Å². The van der Waals surface area contributed by atoms with Gasteiger partial charge in [0, 0.05) is 12.1 Å². The van der Waals surface area contributed by atoms with Gasteiger partial charge in [-0.05, 0) is 33.6 Å². The molecule has 0 aliphatic heterocycles. The fourth-order valence-corrected chi connectivity index (χ4v) is 1.54. The van der Waals surface area contributed by atoms with Crippen molar-refractivity contribution in [3.63, 3.8) is 0 Å². The lowest BCUT2D eigenvalue weighted by atomic mass is 10.2. The predicted molar refractivity (Wildman–Crippen MR) is 67.4 cm³/mol. The van der Waals surface area contributed by atoms with Gasteiger partial charge in [-0.3, -0.25) is 0 Å². The molecule has 0 saturated heterocycles. The number of amides is 1. The van der Waals surface area contributed by atoms with Crippen molar-refractivity contribution in [3.05, 3.63) is 12.2 Å². The first-order valence-corrected chi connectivity index (χ1v) is 5.98. The second-order valence-electron chi connectivity index (χ2n) is 4.84. The van der Waals surface area contributed by atoms with E-state index < -0.39 is 0 Å². The molecule has 0 aromatic carbocycles. The zero-order valence-electron chi connectivity index (χ0n) is 11.4. The summed E-state index contributed by atoms with van der Waals surface area (Å²) in [5, 5.41) is 0. The number of ether oxygens (including phenoxy) is 1. The van der Waals surface area contributed by atoms with Crippen LogP contribution in [0.3, 0.4) is 0 Å². The predicted octanol–water partition coefficient (Wildman–Crippen LogP) is 3.45. The summed E-state index contributed by atoms with van der Waals surface area (Å²) in [4.78, 5) is 13.5. The van der Waals surface area contributed by atoms with Crippen molar-refractivity contribution in [3.8, 4) is 0 Å². The van der Waals surface area contributed by atoms with Gasteiger partial charge in [-0.25, -0.2) is 4.79 Å². The van der Waals surface area contributed by atoms with E-state index in [0.29, 0.717) is 12.5 Å². The van der Waals surface area contributed by atoms with Crippen molar-refractivity contribution >= 4 is 6.09 Å². The van der Waals surface area contributed by atoms with E-state index >= 15 is 0 Å². The second-order valence-corrected chi connectivity index (χ2v) is 4.84. The Morgan fingerprint density at radius 3 is 2.00 bits per heavy atom. The normalized spacial score (nSPS) is 11.8. The number of hydrogen-bond acceptors (Lipinski definition) is 2. The van der Waals surface area contributed by atoms with Gasteiger partial charge in [0.1, 0.15) is 6.61 Å². The standard InChI is InChI=1S/C13H25NO2/c1-10(2)8-7-9-16-13(15)14(11(3)4)12(5)6/h7-8,10-12H,9H2,1-6H3/b8-7+. The minimum Gasteiger partial charge on any atom is -0.445 e. The Hall–Kier alpha value is -0.990. The number of allylic oxidation sites excluding steroid dienone is 1. The molecule has 0 rings (SSSR count). The molecule has 0 heterocycles. The number of carbonyl (C=O) groups is 1. The number of rotatable bonds is 5. The Labute approximate surface area is 99.5 Å². The SMILES string of the molecule is CC(C)/C=C/COC(=O)N(C(C)C)C(C)C. The summed E-state index contributed by atoms with van der Waals surface area (Å²) in [5.74, 6) is 0.491. The van der Waals surface area contributed by atoms with E-state index in [2.05, 4.69) is 13.8 Å². The van der Waals surface area contributed by atoms with Crippen molar-refractivity contribution in [2.45, 2.75) is 53.6 Å². The lowest BCUT2D eigenvalue weighted by Gasteiger charge is -2.29. The van der Waals surface area contributed by atoms with Crippen LogP contribution in [0.4, 0.5) is 4.79 Å². The van der Waals surface area contributed by atoms with Crippen LogP contribution in [0.1, 0.15) is 41.5 Å². The fraction of sp³-hybridized carbons (Fsp3) is 0.769. The van der Waals surface area contributed by atoms with Crippen LogP contribution in [0.2, 0.25) is 0 Å². The van der Waals surface area contributed by atoms with E-state index in [0.717, 1.165) is 0 Å². The third-order valence-electron chi connectivity index (χ3n) is 2.15. The minimum atomic E-state index is -0.238. The Bertz CT molecular complexity index is 224. The Balaban J connectivity index is 4.12. The summed E-state index contributed by atoms with van der Waals surface area (Å²) in [6, 6.07) is 0.336. The van der Waals surface area contributed by atoms with Crippen LogP contribution in [0.15, 0.2) is 12.2 Å². The monoisotopic (exact) mass is 227 g/mol. The van der Waals surface area contributed by atoms with Gasteiger partial charge < -0.3 is 9.64 Å². The van der Waals surface area contributed by atoms with E-state index in [1.54, 1.807) is 4.90 Å². The molecule has 3 heteroatoms. The first kappa shape index (κ1) is 15.0. The molecule has 0 saturated carbocycles. The highest BCUT2D eigenvalue weighted by molar-refractivity contribution is 5.68. The summed E-state index contributed by atoms with van der Waals surface area (Å²) in [6.45, 7) is 12.5. The molecule has 16 heavy (non-hydrogen) atoms. The number of hydrogen-bond donors (Lipinski definition) is 0. The molecule has 0 atom stereocenters. The van der Waals surface area contributed by atoms with Gasteiger partial charge in [-0.15, -0.1) is 0 Å². The van der Waals surface area contributed by atoms with Crippen LogP contribution >= 0.6 is 0 Å². The van der Waals surface area contributed by atoms with Crippen LogP contribution in [0.5, 0.6) is 0 Å². The first-order chi connectivity index (χ1) is 7.36. The maximum Gasteiger partial charge on any atom is 0.410 e. The van der Waals surface area contributed by atoms with Gasteiger partial charge in [-0.2, -0.15) is 0 Å². The minimum absolute atomic E-state index is 0.168. The lowest BCUT2D eigenvalue weighted by molar-refractivity contribution is 0.0875. The van der Waals surface area contributed by atoms with Gasteiger partial charge in [0.05, 0.1) is 0 Å². The lowest BCUT2D eigenvalue weighted by Crippen LogP contribution is -2.42. The smallest absolute Gasteiger partial charge is 0.410 e. The molecule has 94 valence electrons. The van der Waals surface area contributed by atoms with Crippen LogP contribution < -0.4 is 0 Å². The molecular weight excluding hydrogens is 202 g/mol. The second kappa shape index (κ2) is 7.31. The van der Waals surface area contributed by atoms with Gasteiger partial charge in [-0.1, -0.05) is 26.0 Å². The number of carbonyl (C=O) groups excluding carboxylic acids is 1. The quantitative estimate of drug-likeness (QED) is 0.673. The van der Waals surface area contributed by atoms with Crippen molar-refractivity contribution in [1.82, 2.24) is 4.90 Å². The molecule has 3 nitrogen and oxygen atoms in total. The topological polar surface area (TPSA) is 29.5 Å². The molecular formula is C13H25NO2. The molecule has 0 unspecified atom stereocenters. The van der Waals surface area contributed by atoms with Gasteiger partial charge >= 0.3 is 6.09 Å². The Morgan fingerprint density at radius 2 is 1.62 bits per heavy atom. The maximum absolute atomic E-state index is 11.7. The highest BCUT2D eigenvalue weighted by atomic mass is 16.6. The van der Waals surface area contributed by atoms with Crippen LogP contribution in [-0.4, -0.2) is 29.7 Å². The van der Waals surface area contributed by atoms with Gasteiger partial charge in [0.15, 0.2) is 0 Å². The van der Waals surface area contributed by atoms with Crippen molar-refractivity contribution in [1.29, 1.82) is 0 Å². The third-order valence-corrected chi connectivity index (χ3v) is 2.15. The van der Waals surface area contributed by atoms with E-state index in [1.807, 2.05) is 39.8 Å². The maximum atomic E-state index is 11.7. The first-order valence-electron chi connectivity index (χ1n) is 5.98. The average molecular weight is 227 g/mol. The summed E-state index contributed by atoms with van der Waals surface area (Å²) in [7, 11) is 0. The molecule has 0 aliphatic carbocycles. The molecule has 0 aliphatic rings. The van der Waals surface area contributed by atoms with Crippen LogP contribution in [-0.2, 0) is 4.74 Å². The van der Waals surface area contributed by atoms with E-state index in [9.17, 15) is 4.79 Å². The van der Waals surface area contributed by atoms with E-state index in [4.69, 9.17) is 4.74 Å². The third kappa shape index (κ3) is 5.79. The molecule has 0 aromatic rings. The highest BCUT2D eigenvalue weighted by Gasteiger charge is 2.20. The van der Waals surface area contributed by atoms with E-state index in [1.165, 1.54) is 0 Å². The number of nitrogens with zero attached hydrogens (tertiary/aromatic N) is 1. The summed E-state index contributed by atoms with van der Waals surface area (Å²) >= 11 is 0. The molecule has 0 radical (unpaired) electrons. The van der Waals surface area contributed by atoms with Crippen molar-refractivity contribution in [2.75, 3.05) is 6.61 Å². The zero-order chi connectivity index (χ0) is 12.7. The molecule has 0 fully saturated rings. The van der Waals surface area contributed by atoms with Crippen LogP contribution in [0, 0.1) is 5.92 Å². The Morgan fingerprint density at radius 1 is 1.12 bits per heavy atom. The van der Waals surface area contributed by atoms with Crippen LogP contribution in [0.25, 0.3) is 0 Å². The zero-order valence-corrected chi connectivity index (χ0v) is 11.4. The van der Waals surface area contributed by atoms with E-state index in [-0.39, 0.29) is 18.2 Å². The largest absolute Gasteiger partial charge is 0.445 e. The summed E-state index contributed by atoms with van der Waals surface area (Å²) in [5.41, 5.74) is 0. The molecule has 0 aromatic heterocycles. The summed E-state index contributed by atoms with van der Waals surface area (Å²) < 4.78 is 5.18. The van der Waals surface area contributed by atoms with Crippen molar-refractivity contribution in [2.24, 2.45) is 5.92 Å². The van der Waals surface area contributed by atoms with Gasteiger partial charge in [0.2, 0.25) is 0 Å². The van der Waals surface area contributed by atoms with Gasteiger partial charge in [0.25, 0.3) is 0 Å². The molecule has 0 spiro atoms. The average Bonchev–Trinajstić information content (AvgIpc) is 2.10. The molecule has 0 N–H and O–H groups in total. The molecule has 1 amide bonds. The Kier molecular flexibility index (Phi) is 6.86. The molecule has 0 bridgehead atoms. The summed E-state index contributed by atoms with van der Waals surface area (Å²) in [6.07, 6.45) is 3.68.